The van der Waals surface area contributed by atoms with Crippen LogP contribution in [0.1, 0.15) is 23.7 Å². The number of anilines is 3. The molecule has 10 heteroatoms. The summed E-state index contributed by atoms with van der Waals surface area (Å²) in [5.41, 5.74) is -2.96. The molecule has 152 valence electrons. The normalized spacial score (nSPS) is 12.7. The molecule has 2 rings (SSSR count). The first kappa shape index (κ1) is 21.3. The maximum absolute atomic E-state index is 13.2. The maximum atomic E-state index is 13.2. The summed E-state index contributed by atoms with van der Waals surface area (Å²) in [5.74, 6) is -0.989. The second-order valence-electron chi connectivity index (χ2n) is 6.48. The van der Waals surface area contributed by atoms with E-state index < -0.39 is 40.4 Å². The Morgan fingerprint density at radius 2 is 1.79 bits per heavy atom. The van der Waals surface area contributed by atoms with E-state index in [1.807, 2.05) is 0 Å². The number of nitrogens with zero attached hydrogens (tertiary/aromatic N) is 2. The molecule has 28 heavy (non-hydrogen) atoms. The predicted octanol–water partition coefficient (Wildman–Crippen LogP) is 2.21. The molecule has 0 heterocycles. The van der Waals surface area contributed by atoms with Crippen molar-refractivity contribution in [3.63, 3.8) is 0 Å². The van der Waals surface area contributed by atoms with Crippen LogP contribution in [0, 0.1) is 0 Å². The molecule has 0 radical (unpaired) electrons. The number of para-hydroxylation sites is 1. The highest BCUT2D eigenvalue weighted by atomic mass is 19.4. The molecule has 1 unspecified atom stereocenters. The monoisotopic (exact) mass is 399 g/mol. The fourth-order valence-electron chi connectivity index (χ4n) is 2.91. The van der Waals surface area contributed by atoms with Gasteiger partial charge in [-0.15, -0.1) is 0 Å². The average Bonchev–Trinajstić information content (AvgIpc) is 2.60. The number of carbonyl (C=O) groups excluding carboxylic acids is 1. The number of amides is 1. The third-order valence-electron chi connectivity index (χ3n) is 4.40. The Kier molecular flexibility index (Phi) is 5.72. The van der Waals surface area contributed by atoms with E-state index in [4.69, 9.17) is 0 Å². The third kappa shape index (κ3) is 3.67. The van der Waals surface area contributed by atoms with Gasteiger partial charge in [-0.1, -0.05) is 13.0 Å². The first-order valence-electron chi connectivity index (χ1n) is 8.35. The number of hydrogen-bond acceptors (Lipinski definition) is 6. The molecule has 0 saturated carbocycles. The van der Waals surface area contributed by atoms with E-state index in [0.717, 1.165) is 7.05 Å². The molecular weight excluding hydrogens is 379 g/mol. The van der Waals surface area contributed by atoms with E-state index in [1.165, 1.54) is 44.1 Å². The second kappa shape index (κ2) is 7.53. The summed E-state index contributed by atoms with van der Waals surface area (Å²) < 4.78 is 39.6. The summed E-state index contributed by atoms with van der Waals surface area (Å²) in [7, 11) is 4.04. The number of aromatic hydroxyl groups is 1. The van der Waals surface area contributed by atoms with Gasteiger partial charge >= 0.3 is 6.18 Å². The van der Waals surface area contributed by atoms with Gasteiger partial charge in [-0.05, 0) is 18.6 Å². The van der Waals surface area contributed by atoms with Crippen LogP contribution in [0.3, 0.4) is 0 Å². The van der Waals surface area contributed by atoms with Crippen molar-refractivity contribution in [2.45, 2.75) is 25.6 Å². The Bertz CT molecular complexity index is 962. The fourth-order valence-corrected chi connectivity index (χ4v) is 2.91. The summed E-state index contributed by atoms with van der Waals surface area (Å²) in [5, 5.41) is 12.8. The second-order valence-corrected chi connectivity index (χ2v) is 6.48. The van der Waals surface area contributed by atoms with Crippen LogP contribution in [0.4, 0.5) is 30.2 Å². The number of halogens is 3. The average molecular weight is 399 g/mol. The lowest BCUT2D eigenvalue weighted by molar-refractivity contribution is -0.148. The van der Waals surface area contributed by atoms with Gasteiger partial charge in [-0.3, -0.25) is 14.4 Å². The number of hydrogen-bond donors (Lipinski definition) is 2. The van der Waals surface area contributed by atoms with Gasteiger partial charge in [-0.2, -0.15) is 13.2 Å². The van der Waals surface area contributed by atoms with Crippen molar-refractivity contribution in [1.82, 2.24) is 4.90 Å². The smallest absolute Gasteiger partial charge is 0.408 e. The molecule has 0 aliphatic heterocycles. The zero-order valence-corrected chi connectivity index (χ0v) is 15.7. The van der Waals surface area contributed by atoms with Crippen molar-refractivity contribution >= 4 is 23.0 Å². The Morgan fingerprint density at radius 3 is 2.29 bits per heavy atom. The molecule has 0 aliphatic carbocycles. The van der Waals surface area contributed by atoms with E-state index in [2.05, 4.69) is 5.32 Å². The first-order valence-corrected chi connectivity index (χ1v) is 8.35. The molecule has 0 aromatic heterocycles. The minimum Gasteiger partial charge on any atom is -0.505 e. The summed E-state index contributed by atoms with van der Waals surface area (Å²) in [6.45, 7) is 1.31. The van der Waals surface area contributed by atoms with Crippen LogP contribution in [0.15, 0.2) is 27.8 Å². The van der Waals surface area contributed by atoms with Crippen LogP contribution < -0.4 is 21.1 Å². The Labute approximate surface area is 158 Å². The van der Waals surface area contributed by atoms with Gasteiger partial charge in [0.2, 0.25) is 0 Å². The van der Waals surface area contributed by atoms with E-state index in [0.29, 0.717) is 4.90 Å². The molecule has 0 aliphatic rings. The standard InChI is InChI=1S/C18H20F3N3O4/c1-5-11(18(19,20)21)24(4)13-12(15(26)16(13)27)22-10-8-6-7-9(14(10)25)17(28)23(2)3/h6-8,11,22,25H,5H2,1-4H3. The number of carbonyl (C=O) groups is 1. The topological polar surface area (TPSA) is 89.9 Å². The summed E-state index contributed by atoms with van der Waals surface area (Å²) >= 11 is 0. The quantitative estimate of drug-likeness (QED) is 0.572. The minimum atomic E-state index is -4.60. The molecule has 7 nitrogen and oxygen atoms in total. The van der Waals surface area contributed by atoms with Crippen LogP contribution >= 0.6 is 0 Å². The van der Waals surface area contributed by atoms with Crippen molar-refractivity contribution < 1.29 is 23.1 Å². The lowest BCUT2D eigenvalue weighted by Gasteiger charge is -2.32. The summed E-state index contributed by atoms with van der Waals surface area (Å²) in [4.78, 5) is 37.9. The van der Waals surface area contributed by atoms with Gasteiger partial charge in [0, 0.05) is 21.1 Å². The number of nitrogens with one attached hydrogen (secondary N) is 1. The lowest BCUT2D eigenvalue weighted by Crippen LogP contribution is -2.49. The number of alkyl halides is 3. The largest absolute Gasteiger partial charge is 0.505 e. The molecule has 0 spiro atoms. The van der Waals surface area contributed by atoms with Crippen molar-refractivity contribution in [2.24, 2.45) is 0 Å². The Morgan fingerprint density at radius 1 is 1.18 bits per heavy atom. The molecule has 1 atom stereocenters. The van der Waals surface area contributed by atoms with Gasteiger partial charge in [0.15, 0.2) is 5.75 Å². The van der Waals surface area contributed by atoms with Crippen molar-refractivity contribution in [3.05, 3.63) is 44.2 Å². The van der Waals surface area contributed by atoms with E-state index >= 15 is 0 Å². The molecule has 0 bridgehead atoms. The van der Waals surface area contributed by atoms with Crippen LogP contribution in [-0.2, 0) is 0 Å². The molecule has 1 amide bonds. The van der Waals surface area contributed by atoms with Gasteiger partial charge < -0.3 is 20.2 Å². The van der Waals surface area contributed by atoms with Gasteiger partial charge in [-0.25, -0.2) is 0 Å². The summed E-state index contributed by atoms with van der Waals surface area (Å²) in [6, 6.07) is 2.17. The number of rotatable bonds is 6. The molecule has 2 N–H and O–H groups in total. The number of benzene rings is 1. The SMILES string of the molecule is CCC(N(C)c1c(Nc2cccc(C(=O)N(C)C)c2O)c(=O)c1=O)C(F)(F)F. The molecule has 0 saturated heterocycles. The lowest BCUT2D eigenvalue weighted by atomic mass is 10.1. The van der Waals surface area contributed by atoms with Crippen LogP contribution in [0.25, 0.3) is 0 Å². The van der Waals surface area contributed by atoms with Gasteiger partial charge in [0.25, 0.3) is 16.8 Å². The van der Waals surface area contributed by atoms with Crippen LogP contribution in [0.2, 0.25) is 0 Å². The molecule has 2 aromatic rings. The zero-order valence-electron chi connectivity index (χ0n) is 15.7. The van der Waals surface area contributed by atoms with Crippen molar-refractivity contribution in [3.8, 4) is 5.75 Å². The van der Waals surface area contributed by atoms with Crippen LogP contribution in [0.5, 0.6) is 5.75 Å². The third-order valence-corrected chi connectivity index (χ3v) is 4.40. The highest BCUT2D eigenvalue weighted by Gasteiger charge is 2.43. The Hall–Kier alpha value is -3.04. The molecule has 0 fully saturated rings. The number of phenols is 1. The van der Waals surface area contributed by atoms with Gasteiger partial charge in [0.05, 0.1) is 11.3 Å². The minimum absolute atomic E-state index is 0.0645. The molecular formula is C18H20F3N3O4. The maximum Gasteiger partial charge on any atom is 0.408 e. The van der Waals surface area contributed by atoms with Gasteiger partial charge in [0.1, 0.15) is 17.4 Å². The first-order chi connectivity index (χ1) is 12.9. The molecule has 2 aromatic carbocycles. The highest BCUT2D eigenvalue weighted by Crippen LogP contribution is 2.35. The highest BCUT2D eigenvalue weighted by molar-refractivity contribution is 5.99. The van der Waals surface area contributed by atoms with Crippen molar-refractivity contribution in [2.75, 3.05) is 31.4 Å². The zero-order chi connectivity index (χ0) is 21.4. The van der Waals surface area contributed by atoms with E-state index in [-0.39, 0.29) is 23.4 Å². The number of phenolic OH excluding ortho intramolecular Hbond substituents is 1. The van der Waals surface area contributed by atoms with Crippen LogP contribution in [-0.4, -0.2) is 49.3 Å². The van der Waals surface area contributed by atoms with E-state index in [1.54, 1.807) is 0 Å². The van der Waals surface area contributed by atoms with E-state index in [9.17, 15) is 32.7 Å². The summed E-state index contributed by atoms with van der Waals surface area (Å²) in [6.07, 6.45) is -4.92. The van der Waals surface area contributed by atoms with Crippen molar-refractivity contribution in [1.29, 1.82) is 0 Å². The Balaban J connectivity index is 2.45. The fraction of sp³-hybridized carbons (Fsp3) is 0.389. The predicted molar refractivity (Wildman–Crippen MR) is 99.3 cm³/mol.